The Morgan fingerprint density at radius 1 is 0.810 bits per heavy atom. The summed E-state index contributed by atoms with van der Waals surface area (Å²) in [4.78, 5) is 5.63. The molecule has 1 unspecified atom stereocenters. The Balaban J connectivity index is 1.45. The van der Waals surface area contributed by atoms with Crippen molar-refractivity contribution in [3.63, 3.8) is 0 Å². The Morgan fingerprint density at radius 2 is 1.48 bits per heavy atom. The lowest BCUT2D eigenvalue weighted by Gasteiger charge is -2.07. The highest BCUT2D eigenvalue weighted by Crippen LogP contribution is 2.17. The van der Waals surface area contributed by atoms with Crippen molar-refractivity contribution in [2.75, 3.05) is 0 Å². The topological polar surface area (TPSA) is 21.3 Å². The van der Waals surface area contributed by atoms with Crippen LogP contribution in [0.3, 0.4) is 0 Å². The quantitative estimate of drug-likeness (QED) is 0.861. The summed E-state index contributed by atoms with van der Waals surface area (Å²) < 4.78 is 0. The molecule has 1 aliphatic rings. The molecule has 0 spiro atoms. The first-order valence-electron chi connectivity index (χ1n) is 7.60. The number of hydrogen-bond acceptors (Lipinski definition) is 2. The van der Waals surface area contributed by atoms with Crippen molar-refractivity contribution in [1.29, 1.82) is 0 Å². The van der Waals surface area contributed by atoms with E-state index in [1.165, 1.54) is 16.8 Å². The lowest BCUT2D eigenvalue weighted by molar-refractivity contribution is 0.0417. The number of allylic oxidation sites excluding steroid dienone is 1. The van der Waals surface area contributed by atoms with Gasteiger partial charge in [-0.2, -0.15) is 0 Å². The SMILES string of the molecule is C1=C(CCCc2ccccc2)NOC1Cc1ccccc1. The highest BCUT2D eigenvalue weighted by Gasteiger charge is 2.16. The molecular weight excluding hydrogens is 258 g/mol. The fourth-order valence-corrected chi connectivity index (χ4v) is 2.65. The van der Waals surface area contributed by atoms with Crippen LogP contribution in [0.25, 0.3) is 0 Å². The number of hydrogen-bond donors (Lipinski definition) is 1. The summed E-state index contributed by atoms with van der Waals surface area (Å²) in [5.41, 5.74) is 7.00. The van der Waals surface area contributed by atoms with Gasteiger partial charge in [-0.05, 0) is 36.5 Å². The number of rotatable bonds is 6. The Labute approximate surface area is 126 Å². The predicted octanol–water partition coefficient (Wildman–Crippen LogP) is 4.04. The highest BCUT2D eigenvalue weighted by atomic mass is 16.7. The van der Waals surface area contributed by atoms with E-state index < -0.39 is 0 Å². The molecule has 2 aromatic carbocycles. The third-order valence-corrected chi connectivity index (χ3v) is 3.76. The van der Waals surface area contributed by atoms with Crippen molar-refractivity contribution in [1.82, 2.24) is 5.48 Å². The van der Waals surface area contributed by atoms with Crippen LogP contribution in [-0.4, -0.2) is 6.10 Å². The second kappa shape index (κ2) is 7.09. The van der Waals surface area contributed by atoms with Gasteiger partial charge in [-0.25, -0.2) is 0 Å². The van der Waals surface area contributed by atoms with Gasteiger partial charge in [-0.15, -0.1) is 0 Å². The van der Waals surface area contributed by atoms with Gasteiger partial charge in [-0.1, -0.05) is 60.7 Å². The average molecular weight is 279 g/mol. The van der Waals surface area contributed by atoms with Crippen molar-refractivity contribution < 1.29 is 4.84 Å². The van der Waals surface area contributed by atoms with E-state index in [0.29, 0.717) is 0 Å². The summed E-state index contributed by atoms with van der Waals surface area (Å²) in [5.74, 6) is 0. The van der Waals surface area contributed by atoms with E-state index in [1.54, 1.807) is 0 Å². The molecule has 1 heterocycles. The van der Waals surface area contributed by atoms with Crippen LogP contribution in [0.5, 0.6) is 0 Å². The van der Waals surface area contributed by atoms with Gasteiger partial charge in [0.1, 0.15) is 6.10 Å². The minimum Gasteiger partial charge on any atom is -0.271 e. The molecule has 0 bridgehead atoms. The van der Waals surface area contributed by atoms with E-state index >= 15 is 0 Å². The van der Waals surface area contributed by atoms with Gasteiger partial charge in [0.25, 0.3) is 0 Å². The highest BCUT2D eigenvalue weighted by molar-refractivity contribution is 5.19. The molecule has 2 nitrogen and oxygen atoms in total. The van der Waals surface area contributed by atoms with Crippen LogP contribution in [0.1, 0.15) is 24.0 Å². The van der Waals surface area contributed by atoms with Crippen LogP contribution in [-0.2, 0) is 17.7 Å². The molecule has 108 valence electrons. The van der Waals surface area contributed by atoms with E-state index in [4.69, 9.17) is 4.84 Å². The molecule has 1 atom stereocenters. The lowest BCUT2D eigenvalue weighted by Crippen LogP contribution is -2.14. The van der Waals surface area contributed by atoms with Crippen LogP contribution in [0.4, 0.5) is 0 Å². The molecule has 21 heavy (non-hydrogen) atoms. The zero-order valence-electron chi connectivity index (χ0n) is 12.2. The summed E-state index contributed by atoms with van der Waals surface area (Å²) in [6, 6.07) is 21.1. The standard InChI is InChI=1S/C19H21NO/c1-3-8-16(9-4-1)12-7-13-18-15-19(21-20-18)14-17-10-5-2-6-11-17/h1-6,8-11,15,19-20H,7,12-14H2. The maximum atomic E-state index is 5.63. The minimum absolute atomic E-state index is 0.152. The maximum Gasteiger partial charge on any atom is 0.109 e. The molecule has 3 rings (SSSR count). The van der Waals surface area contributed by atoms with Crippen LogP contribution in [0.2, 0.25) is 0 Å². The van der Waals surface area contributed by atoms with Crippen LogP contribution >= 0.6 is 0 Å². The molecule has 2 heteroatoms. The van der Waals surface area contributed by atoms with Crippen LogP contribution in [0.15, 0.2) is 72.4 Å². The van der Waals surface area contributed by atoms with Gasteiger partial charge in [0.2, 0.25) is 0 Å². The van der Waals surface area contributed by atoms with E-state index in [1.807, 2.05) is 6.07 Å². The van der Waals surface area contributed by atoms with E-state index in [-0.39, 0.29) is 6.10 Å². The second-order valence-corrected chi connectivity index (χ2v) is 5.48. The summed E-state index contributed by atoms with van der Waals surface area (Å²) in [6.07, 6.45) is 6.60. The summed E-state index contributed by atoms with van der Waals surface area (Å²) in [6.45, 7) is 0. The zero-order chi connectivity index (χ0) is 14.3. The zero-order valence-corrected chi connectivity index (χ0v) is 12.2. The predicted molar refractivity (Wildman–Crippen MR) is 85.6 cm³/mol. The monoisotopic (exact) mass is 279 g/mol. The van der Waals surface area contributed by atoms with Crippen molar-refractivity contribution >= 4 is 0 Å². The van der Waals surface area contributed by atoms with Gasteiger partial charge >= 0.3 is 0 Å². The fraction of sp³-hybridized carbons (Fsp3) is 0.263. The second-order valence-electron chi connectivity index (χ2n) is 5.48. The summed E-state index contributed by atoms with van der Waals surface area (Å²) in [5, 5.41) is 0. The Hall–Kier alpha value is -2.06. The number of benzene rings is 2. The van der Waals surface area contributed by atoms with Gasteiger partial charge in [0, 0.05) is 12.1 Å². The summed E-state index contributed by atoms with van der Waals surface area (Å²) in [7, 11) is 0. The molecule has 2 aromatic rings. The van der Waals surface area contributed by atoms with Gasteiger partial charge in [0.05, 0.1) is 0 Å². The molecular formula is C19H21NO. The first-order valence-corrected chi connectivity index (χ1v) is 7.60. The number of nitrogens with one attached hydrogen (secondary N) is 1. The van der Waals surface area contributed by atoms with Crippen molar-refractivity contribution in [2.45, 2.75) is 31.8 Å². The molecule has 0 aliphatic carbocycles. The van der Waals surface area contributed by atoms with Gasteiger partial charge in [-0.3, -0.25) is 10.3 Å². The largest absolute Gasteiger partial charge is 0.271 e. The fourth-order valence-electron chi connectivity index (χ4n) is 2.65. The Kier molecular flexibility index (Phi) is 4.70. The molecule has 0 radical (unpaired) electrons. The molecule has 0 fully saturated rings. The first-order chi connectivity index (χ1) is 10.4. The van der Waals surface area contributed by atoms with Crippen molar-refractivity contribution in [3.05, 3.63) is 83.6 Å². The number of hydroxylamine groups is 1. The Bertz CT molecular complexity index is 577. The molecule has 0 saturated carbocycles. The minimum atomic E-state index is 0.152. The van der Waals surface area contributed by atoms with Gasteiger partial charge in [0.15, 0.2) is 0 Å². The molecule has 1 aliphatic heterocycles. The smallest absolute Gasteiger partial charge is 0.109 e. The van der Waals surface area contributed by atoms with E-state index in [9.17, 15) is 0 Å². The van der Waals surface area contributed by atoms with Crippen molar-refractivity contribution in [3.8, 4) is 0 Å². The van der Waals surface area contributed by atoms with Gasteiger partial charge < -0.3 is 0 Å². The molecule has 0 aromatic heterocycles. The lowest BCUT2D eigenvalue weighted by atomic mass is 10.0. The Morgan fingerprint density at radius 3 is 2.19 bits per heavy atom. The number of aryl methyl sites for hydroxylation is 1. The van der Waals surface area contributed by atoms with E-state index in [2.05, 4.69) is 66.2 Å². The molecule has 0 saturated heterocycles. The van der Waals surface area contributed by atoms with Crippen LogP contribution in [0, 0.1) is 0 Å². The molecule has 0 amide bonds. The summed E-state index contributed by atoms with van der Waals surface area (Å²) >= 11 is 0. The first kappa shape index (κ1) is 13.9. The maximum absolute atomic E-state index is 5.63. The van der Waals surface area contributed by atoms with Crippen LogP contribution < -0.4 is 5.48 Å². The average Bonchev–Trinajstić information content (AvgIpc) is 2.97. The van der Waals surface area contributed by atoms with Crippen molar-refractivity contribution in [2.24, 2.45) is 0 Å². The van der Waals surface area contributed by atoms with E-state index in [0.717, 1.165) is 25.7 Å². The third-order valence-electron chi connectivity index (χ3n) is 3.76. The molecule has 1 N–H and O–H groups in total. The third kappa shape index (κ3) is 4.20. The normalized spacial score (nSPS) is 17.3.